The van der Waals surface area contributed by atoms with Crippen LogP contribution in [0.3, 0.4) is 0 Å². The largest absolute Gasteiger partial charge is 0.394 e. The zero-order chi connectivity index (χ0) is 22.6. The fourth-order valence-corrected chi connectivity index (χ4v) is 5.03. The lowest BCUT2D eigenvalue weighted by Gasteiger charge is -2.36. The van der Waals surface area contributed by atoms with Crippen molar-refractivity contribution in [1.82, 2.24) is 24.7 Å². The number of aliphatic hydroxyl groups excluding tert-OH is 1. The van der Waals surface area contributed by atoms with Gasteiger partial charge in [0.15, 0.2) is 0 Å². The van der Waals surface area contributed by atoms with Gasteiger partial charge in [-0.15, -0.1) is 5.10 Å². The Labute approximate surface area is 185 Å². The fourth-order valence-electron chi connectivity index (χ4n) is 3.70. The molecule has 11 heteroatoms. The van der Waals surface area contributed by atoms with E-state index in [1.807, 2.05) is 24.4 Å². The molecule has 0 saturated carbocycles. The summed E-state index contributed by atoms with van der Waals surface area (Å²) in [5.41, 5.74) is 1.41. The molecule has 2 N–H and O–H groups in total. The summed E-state index contributed by atoms with van der Waals surface area (Å²) in [6.07, 6.45) is 4.37. The SMILES string of the molecule is O=S(=O)(N[C@@H]1CC[C@H](CCn2cc(-c3ccccn3)nn2)O[C@H]1CO)c1cccc(F)c1. The van der Waals surface area contributed by atoms with Crippen LogP contribution in [0.4, 0.5) is 4.39 Å². The minimum atomic E-state index is -3.93. The molecule has 1 aliphatic rings. The van der Waals surface area contributed by atoms with E-state index in [2.05, 4.69) is 20.0 Å². The first-order valence-corrected chi connectivity index (χ1v) is 11.8. The molecule has 0 radical (unpaired) electrons. The molecule has 0 amide bonds. The molecule has 170 valence electrons. The molecular weight excluding hydrogens is 437 g/mol. The van der Waals surface area contributed by atoms with Crippen molar-refractivity contribution in [2.45, 2.75) is 49.0 Å². The Bertz CT molecular complexity index is 1140. The standard InChI is InChI=1S/C21H24FN5O4S/c22-15-4-3-5-17(12-15)32(29,30)25-19-8-7-16(31-21(19)14-28)9-11-27-13-20(24-26-27)18-6-1-2-10-23-18/h1-6,10,12-13,16,19,21,25,28H,7-9,11,14H2/t16-,19-,21+/m1/s1. The van der Waals surface area contributed by atoms with Gasteiger partial charge in [0, 0.05) is 12.7 Å². The van der Waals surface area contributed by atoms with Gasteiger partial charge in [-0.05, 0) is 49.6 Å². The van der Waals surface area contributed by atoms with Crippen LogP contribution in [0.2, 0.25) is 0 Å². The van der Waals surface area contributed by atoms with Crippen LogP contribution in [-0.4, -0.2) is 58.4 Å². The zero-order valence-corrected chi connectivity index (χ0v) is 18.0. The summed E-state index contributed by atoms with van der Waals surface area (Å²) in [6, 6.07) is 9.76. The Morgan fingerprint density at radius 1 is 1.19 bits per heavy atom. The van der Waals surface area contributed by atoms with Crippen molar-refractivity contribution < 1.29 is 22.7 Å². The Morgan fingerprint density at radius 2 is 2.06 bits per heavy atom. The van der Waals surface area contributed by atoms with E-state index in [1.54, 1.807) is 10.9 Å². The first kappa shape index (κ1) is 22.5. The third kappa shape index (κ3) is 5.36. The number of nitrogens with one attached hydrogen (secondary N) is 1. The van der Waals surface area contributed by atoms with Crippen molar-refractivity contribution >= 4 is 10.0 Å². The maximum Gasteiger partial charge on any atom is 0.241 e. The zero-order valence-electron chi connectivity index (χ0n) is 17.2. The highest BCUT2D eigenvalue weighted by molar-refractivity contribution is 7.89. The molecule has 3 aromatic rings. The summed E-state index contributed by atoms with van der Waals surface area (Å²) in [7, 11) is -3.93. The van der Waals surface area contributed by atoms with Gasteiger partial charge in [-0.1, -0.05) is 17.3 Å². The molecule has 0 aliphatic carbocycles. The van der Waals surface area contributed by atoms with Gasteiger partial charge in [-0.3, -0.25) is 9.67 Å². The first-order valence-electron chi connectivity index (χ1n) is 10.3. The van der Waals surface area contributed by atoms with E-state index >= 15 is 0 Å². The Hall–Kier alpha value is -2.73. The van der Waals surface area contributed by atoms with Crippen molar-refractivity contribution in [1.29, 1.82) is 0 Å². The molecule has 3 atom stereocenters. The topological polar surface area (TPSA) is 119 Å². The number of nitrogens with zero attached hydrogens (tertiary/aromatic N) is 4. The van der Waals surface area contributed by atoms with Crippen LogP contribution in [0.1, 0.15) is 19.3 Å². The van der Waals surface area contributed by atoms with E-state index in [-0.39, 0.29) is 17.6 Å². The van der Waals surface area contributed by atoms with Crippen LogP contribution in [0.15, 0.2) is 59.8 Å². The van der Waals surface area contributed by atoms with E-state index in [0.29, 0.717) is 31.5 Å². The number of aryl methyl sites for hydroxylation is 1. The summed E-state index contributed by atoms with van der Waals surface area (Å²) in [4.78, 5) is 4.09. The molecule has 0 spiro atoms. The van der Waals surface area contributed by atoms with E-state index in [1.165, 1.54) is 18.2 Å². The number of ether oxygens (including phenoxy) is 1. The van der Waals surface area contributed by atoms with Gasteiger partial charge in [0.2, 0.25) is 10.0 Å². The minimum Gasteiger partial charge on any atom is -0.394 e. The predicted octanol–water partition coefficient (Wildman–Crippen LogP) is 1.76. The minimum absolute atomic E-state index is 0.161. The number of pyridine rings is 1. The summed E-state index contributed by atoms with van der Waals surface area (Å²) in [5, 5.41) is 18.0. The number of sulfonamides is 1. The van der Waals surface area contributed by atoms with Crippen molar-refractivity contribution in [3.8, 4) is 11.4 Å². The van der Waals surface area contributed by atoms with Gasteiger partial charge in [-0.25, -0.2) is 17.5 Å². The van der Waals surface area contributed by atoms with E-state index < -0.39 is 28.0 Å². The number of rotatable bonds is 8. The quantitative estimate of drug-likeness (QED) is 0.525. The third-order valence-corrected chi connectivity index (χ3v) is 6.84. The lowest BCUT2D eigenvalue weighted by atomic mass is 9.98. The average molecular weight is 462 g/mol. The molecule has 32 heavy (non-hydrogen) atoms. The smallest absolute Gasteiger partial charge is 0.241 e. The molecule has 3 heterocycles. The van der Waals surface area contributed by atoms with Crippen LogP contribution in [0.5, 0.6) is 0 Å². The van der Waals surface area contributed by atoms with E-state index in [0.717, 1.165) is 11.8 Å². The number of benzene rings is 1. The Kier molecular flexibility index (Phi) is 6.89. The highest BCUT2D eigenvalue weighted by atomic mass is 32.2. The summed E-state index contributed by atoms with van der Waals surface area (Å²) >= 11 is 0. The first-order chi connectivity index (χ1) is 15.4. The lowest BCUT2D eigenvalue weighted by molar-refractivity contribution is -0.0891. The van der Waals surface area contributed by atoms with Crippen molar-refractivity contribution in [2.75, 3.05) is 6.61 Å². The van der Waals surface area contributed by atoms with Gasteiger partial charge in [0.05, 0.1) is 41.6 Å². The lowest BCUT2D eigenvalue weighted by Crippen LogP contribution is -2.50. The normalized spacial score (nSPS) is 21.5. The van der Waals surface area contributed by atoms with Crippen LogP contribution >= 0.6 is 0 Å². The van der Waals surface area contributed by atoms with Crippen LogP contribution in [-0.2, 0) is 21.3 Å². The van der Waals surface area contributed by atoms with Gasteiger partial charge < -0.3 is 9.84 Å². The van der Waals surface area contributed by atoms with Crippen LogP contribution < -0.4 is 4.72 Å². The van der Waals surface area contributed by atoms with E-state index in [4.69, 9.17) is 4.74 Å². The number of aliphatic hydroxyl groups is 1. The van der Waals surface area contributed by atoms with Crippen molar-refractivity contribution in [3.05, 3.63) is 60.7 Å². The third-order valence-electron chi connectivity index (χ3n) is 5.35. The van der Waals surface area contributed by atoms with Crippen LogP contribution in [0, 0.1) is 5.82 Å². The Balaban J connectivity index is 1.33. The van der Waals surface area contributed by atoms with Crippen LogP contribution in [0.25, 0.3) is 11.4 Å². The fraction of sp³-hybridized carbons (Fsp3) is 0.381. The van der Waals surface area contributed by atoms with Gasteiger partial charge in [0.1, 0.15) is 11.5 Å². The molecule has 9 nitrogen and oxygen atoms in total. The molecule has 4 rings (SSSR count). The summed E-state index contributed by atoms with van der Waals surface area (Å²) < 4.78 is 48.8. The summed E-state index contributed by atoms with van der Waals surface area (Å²) in [6.45, 7) is 0.225. The second-order valence-electron chi connectivity index (χ2n) is 7.61. The van der Waals surface area contributed by atoms with Gasteiger partial charge >= 0.3 is 0 Å². The maximum atomic E-state index is 13.4. The average Bonchev–Trinajstić information content (AvgIpc) is 3.28. The number of halogens is 1. The summed E-state index contributed by atoms with van der Waals surface area (Å²) in [5.74, 6) is -0.633. The number of hydrogen-bond acceptors (Lipinski definition) is 7. The highest BCUT2D eigenvalue weighted by Crippen LogP contribution is 2.24. The molecule has 0 unspecified atom stereocenters. The molecule has 1 saturated heterocycles. The molecular formula is C21H24FN5O4S. The highest BCUT2D eigenvalue weighted by Gasteiger charge is 2.34. The molecule has 1 aromatic carbocycles. The second-order valence-corrected chi connectivity index (χ2v) is 9.33. The predicted molar refractivity (Wildman–Crippen MR) is 113 cm³/mol. The molecule has 1 aliphatic heterocycles. The molecule has 2 aromatic heterocycles. The number of aromatic nitrogens is 4. The monoisotopic (exact) mass is 461 g/mol. The van der Waals surface area contributed by atoms with Crippen molar-refractivity contribution in [2.24, 2.45) is 0 Å². The molecule has 1 fully saturated rings. The Morgan fingerprint density at radius 3 is 2.81 bits per heavy atom. The molecule has 0 bridgehead atoms. The van der Waals surface area contributed by atoms with E-state index in [9.17, 15) is 17.9 Å². The van der Waals surface area contributed by atoms with Gasteiger partial charge in [0.25, 0.3) is 0 Å². The van der Waals surface area contributed by atoms with Gasteiger partial charge in [-0.2, -0.15) is 0 Å². The maximum absolute atomic E-state index is 13.4. The van der Waals surface area contributed by atoms with Crippen molar-refractivity contribution in [3.63, 3.8) is 0 Å². The second kappa shape index (κ2) is 9.82. The number of hydrogen-bond donors (Lipinski definition) is 2.